The number of rotatable bonds is 7. The fourth-order valence-electron chi connectivity index (χ4n) is 3.56. The van der Waals surface area contributed by atoms with E-state index in [-0.39, 0.29) is 0 Å². The Labute approximate surface area is 194 Å². The predicted molar refractivity (Wildman–Crippen MR) is 132 cm³/mol. The van der Waals surface area contributed by atoms with Crippen molar-refractivity contribution in [2.75, 3.05) is 56.6 Å². The van der Waals surface area contributed by atoms with Gasteiger partial charge in [0, 0.05) is 48.5 Å². The highest BCUT2D eigenvalue weighted by Crippen LogP contribution is 2.31. The quantitative estimate of drug-likeness (QED) is 0.450. The van der Waals surface area contributed by atoms with Gasteiger partial charge in [-0.05, 0) is 74.1 Å². The maximum Gasteiger partial charge on any atom is 0.170 e. The molecule has 30 heavy (non-hydrogen) atoms. The molecule has 1 fully saturated rings. The van der Waals surface area contributed by atoms with Crippen molar-refractivity contribution < 1.29 is 4.74 Å². The van der Waals surface area contributed by atoms with Crippen molar-refractivity contribution >= 4 is 51.9 Å². The Hall–Kier alpha value is -1.73. The molecule has 0 radical (unpaired) electrons. The molecule has 2 aromatic carbocycles. The molecule has 1 aliphatic heterocycles. The molecule has 0 atom stereocenters. The molecule has 0 aliphatic carbocycles. The van der Waals surface area contributed by atoms with Crippen LogP contribution in [0.2, 0.25) is 10.0 Å². The van der Waals surface area contributed by atoms with Gasteiger partial charge in [-0.2, -0.15) is 0 Å². The van der Waals surface area contributed by atoms with Crippen LogP contribution in [-0.2, 0) is 0 Å². The molecule has 2 N–H and O–H groups in total. The van der Waals surface area contributed by atoms with Crippen LogP contribution in [0.15, 0.2) is 36.4 Å². The van der Waals surface area contributed by atoms with Gasteiger partial charge in [0.2, 0.25) is 0 Å². The lowest BCUT2D eigenvalue weighted by Gasteiger charge is -2.36. The molecule has 0 unspecified atom stereocenters. The second-order valence-electron chi connectivity index (χ2n) is 7.34. The van der Waals surface area contributed by atoms with Gasteiger partial charge in [-0.1, -0.05) is 23.2 Å². The minimum absolute atomic E-state index is 0.637. The molecule has 1 aliphatic rings. The maximum absolute atomic E-state index is 6.18. The number of nitrogens with one attached hydrogen (secondary N) is 2. The summed E-state index contributed by atoms with van der Waals surface area (Å²) in [6.45, 7) is 7.83. The first-order chi connectivity index (χ1) is 14.5. The average molecular weight is 467 g/mol. The van der Waals surface area contributed by atoms with Gasteiger partial charge >= 0.3 is 0 Å². The number of hydrogen-bond donors (Lipinski definition) is 2. The van der Waals surface area contributed by atoms with Crippen molar-refractivity contribution in [2.24, 2.45) is 0 Å². The van der Waals surface area contributed by atoms with Gasteiger partial charge in [-0.3, -0.25) is 4.90 Å². The number of methoxy groups -OCH3 is 1. The summed E-state index contributed by atoms with van der Waals surface area (Å²) in [4.78, 5) is 4.82. The maximum atomic E-state index is 6.18. The minimum atomic E-state index is 0.637. The lowest BCUT2D eigenvalue weighted by atomic mass is 10.2. The van der Waals surface area contributed by atoms with Crippen molar-refractivity contribution in [3.8, 4) is 5.75 Å². The normalized spacial score (nSPS) is 14.5. The number of piperazine rings is 1. The van der Waals surface area contributed by atoms with Crippen molar-refractivity contribution in [2.45, 2.75) is 13.3 Å². The number of nitrogens with zero attached hydrogens (tertiary/aromatic N) is 2. The molecule has 8 heteroatoms. The summed E-state index contributed by atoms with van der Waals surface area (Å²) in [5.74, 6) is 0.869. The van der Waals surface area contributed by atoms with Crippen molar-refractivity contribution in [1.82, 2.24) is 10.2 Å². The SMILES string of the molecule is COc1ccc(Cl)cc1N1CCN(CCCNC(=S)Nc2ccc(Cl)cc2C)CC1. The van der Waals surface area contributed by atoms with Crippen molar-refractivity contribution in [1.29, 1.82) is 0 Å². The molecule has 0 aromatic heterocycles. The minimum Gasteiger partial charge on any atom is -0.495 e. The van der Waals surface area contributed by atoms with Gasteiger partial charge in [0.25, 0.3) is 0 Å². The van der Waals surface area contributed by atoms with Crippen LogP contribution in [0.25, 0.3) is 0 Å². The summed E-state index contributed by atoms with van der Waals surface area (Å²) in [7, 11) is 1.70. The molecule has 0 spiro atoms. The second-order valence-corrected chi connectivity index (χ2v) is 8.62. The van der Waals surface area contributed by atoms with E-state index in [1.165, 1.54) is 0 Å². The number of hydrogen-bond acceptors (Lipinski definition) is 4. The van der Waals surface area contributed by atoms with Crippen LogP contribution in [0.4, 0.5) is 11.4 Å². The summed E-state index contributed by atoms with van der Waals surface area (Å²) < 4.78 is 5.49. The third-order valence-electron chi connectivity index (χ3n) is 5.23. The third kappa shape index (κ3) is 6.38. The molecular weight excluding hydrogens is 439 g/mol. The molecule has 162 valence electrons. The fourth-order valence-corrected chi connectivity index (χ4v) is 4.17. The van der Waals surface area contributed by atoms with E-state index < -0.39 is 0 Å². The van der Waals surface area contributed by atoms with Crippen LogP contribution in [0, 0.1) is 6.92 Å². The first-order valence-corrected chi connectivity index (χ1v) is 11.2. The van der Waals surface area contributed by atoms with Gasteiger partial charge in [0.05, 0.1) is 12.8 Å². The van der Waals surface area contributed by atoms with Gasteiger partial charge in [-0.15, -0.1) is 0 Å². The van der Waals surface area contributed by atoms with Crippen LogP contribution < -0.4 is 20.3 Å². The number of aryl methyl sites for hydroxylation is 1. The molecule has 0 bridgehead atoms. The predicted octanol–water partition coefficient (Wildman–Crippen LogP) is 4.81. The summed E-state index contributed by atoms with van der Waals surface area (Å²) in [6.07, 6.45) is 1.03. The smallest absolute Gasteiger partial charge is 0.170 e. The van der Waals surface area contributed by atoms with E-state index in [1.54, 1.807) is 7.11 Å². The van der Waals surface area contributed by atoms with Gasteiger partial charge in [0.1, 0.15) is 5.75 Å². The molecule has 0 amide bonds. The third-order valence-corrected chi connectivity index (χ3v) is 5.94. The van der Waals surface area contributed by atoms with Gasteiger partial charge < -0.3 is 20.3 Å². The lowest BCUT2D eigenvalue weighted by Crippen LogP contribution is -2.47. The molecule has 1 heterocycles. The van der Waals surface area contributed by atoms with E-state index in [4.69, 9.17) is 40.2 Å². The summed E-state index contributed by atoms with van der Waals surface area (Å²) in [5, 5.41) is 8.62. The zero-order chi connectivity index (χ0) is 21.5. The highest BCUT2D eigenvalue weighted by Gasteiger charge is 2.19. The summed E-state index contributed by atoms with van der Waals surface area (Å²) in [5.41, 5.74) is 3.12. The van der Waals surface area contributed by atoms with Crippen LogP contribution in [0.5, 0.6) is 5.75 Å². The highest BCUT2D eigenvalue weighted by molar-refractivity contribution is 7.80. The first-order valence-electron chi connectivity index (χ1n) is 10.1. The first kappa shape index (κ1) is 22.9. The van der Waals surface area contributed by atoms with Gasteiger partial charge in [0.15, 0.2) is 5.11 Å². The van der Waals surface area contributed by atoms with Crippen LogP contribution in [0.1, 0.15) is 12.0 Å². The number of benzene rings is 2. The molecular formula is C22H28Cl2N4OS. The Bertz CT molecular complexity index is 872. The average Bonchev–Trinajstić information content (AvgIpc) is 2.74. The molecule has 2 aromatic rings. The zero-order valence-electron chi connectivity index (χ0n) is 17.4. The largest absolute Gasteiger partial charge is 0.495 e. The van der Waals surface area contributed by atoms with E-state index in [2.05, 4.69) is 20.4 Å². The van der Waals surface area contributed by atoms with Crippen LogP contribution in [-0.4, -0.2) is 56.4 Å². The second kappa shape index (κ2) is 11.0. The standard InChI is InChI=1S/C22H28Cl2N4OS/c1-16-14-17(23)4-6-19(16)26-22(30)25-8-3-9-27-10-12-28(13-11-27)20-15-18(24)5-7-21(20)29-2/h4-7,14-15H,3,8-13H2,1-2H3,(H2,25,26,30). The Balaban J connectivity index is 1.37. The monoisotopic (exact) mass is 466 g/mol. The summed E-state index contributed by atoms with van der Waals surface area (Å²) >= 11 is 17.6. The van der Waals surface area contributed by atoms with Crippen LogP contribution in [0.3, 0.4) is 0 Å². The Morgan fingerprint density at radius 1 is 1.07 bits per heavy atom. The topological polar surface area (TPSA) is 39.8 Å². The molecule has 3 rings (SSSR count). The van der Waals surface area contributed by atoms with E-state index in [9.17, 15) is 0 Å². The summed E-state index contributed by atoms with van der Waals surface area (Å²) in [6, 6.07) is 11.5. The molecule has 1 saturated heterocycles. The number of thiocarbonyl (C=S) groups is 1. The number of ether oxygens (including phenoxy) is 1. The van der Waals surface area contributed by atoms with Gasteiger partial charge in [-0.25, -0.2) is 0 Å². The highest BCUT2D eigenvalue weighted by atomic mass is 35.5. The fraction of sp³-hybridized carbons (Fsp3) is 0.409. The molecule has 0 saturated carbocycles. The van der Waals surface area contributed by atoms with E-state index in [1.807, 2.05) is 43.3 Å². The Kier molecular flexibility index (Phi) is 8.45. The van der Waals surface area contributed by atoms with E-state index in [0.29, 0.717) is 5.11 Å². The zero-order valence-corrected chi connectivity index (χ0v) is 19.7. The number of anilines is 2. The van der Waals surface area contributed by atoms with Crippen molar-refractivity contribution in [3.63, 3.8) is 0 Å². The van der Waals surface area contributed by atoms with Crippen molar-refractivity contribution in [3.05, 3.63) is 52.0 Å². The molecule has 5 nitrogen and oxygen atoms in total. The Morgan fingerprint density at radius 2 is 1.77 bits per heavy atom. The van der Waals surface area contributed by atoms with Crippen LogP contribution >= 0.6 is 35.4 Å². The van der Waals surface area contributed by atoms with E-state index in [0.717, 1.165) is 78.4 Å². The number of halogens is 2. The lowest BCUT2D eigenvalue weighted by molar-refractivity contribution is 0.254. The Morgan fingerprint density at radius 3 is 2.47 bits per heavy atom. The van der Waals surface area contributed by atoms with E-state index >= 15 is 0 Å².